The van der Waals surface area contributed by atoms with Crippen molar-refractivity contribution < 1.29 is 17.6 Å². The second kappa shape index (κ2) is 5.93. The molecule has 1 fully saturated rings. The van der Waals surface area contributed by atoms with Crippen LogP contribution in [-0.2, 0) is 21.2 Å². The molecule has 9 heteroatoms. The number of hydrogen-bond donors (Lipinski definition) is 1. The van der Waals surface area contributed by atoms with Crippen molar-refractivity contribution >= 4 is 38.4 Å². The maximum atomic E-state index is 12.1. The maximum Gasteiger partial charge on any atom is 0.419 e. The fourth-order valence-electron chi connectivity index (χ4n) is 2.97. The molecule has 2 aromatic rings. The van der Waals surface area contributed by atoms with Crippen molar-refractivity contribution in [2.75, 3.05) is 11.5 Å². The number of oxazole rings is 1. The van der Waals surface area contributed by atoms with Crippen LogP contribution < -0.4 is 11.1 Å². The van der Waals surface area contributed by atoms with Gasteiger partial charge in [-0.2, -0.15) is 0 Å². The lowest BCUT2D eigenvalue weighted by atomic mass is 10.0. The van der Waals surface area contributed by atoms with E-state index < -0.39 is 21.1 Å². The Bertz CT molecular complexity index is 962. The summed E-state index contributed by atoms with van der Waals surface area (Å²) in [6.07, 6.45) is 0.445. The molecule has 24 heavy (non-hydrogen) atoms. The van der Waals surface area contributed by atoms with Crippen LogP contribution in [0.5, 0.6) is 0 Å². The van der Waals surface area contributed by atoms with Gasteiger partial charge in [0.25, 0.3) is 0 Å². The Labute approximate surface area is 143 Å². The van der Waals surface area contributed by atoms with E-state index in [1.165, 1.54) is 4.57 Å². The first-order valence-electron chi connectivity index (χ1n) is 7.48. The van der Waals surface area contributed by atoms with Crippen LogP contribution in [0, 0.1) is 0 Å². The van der Waals surface area contributed by atoms with Crippen molar-refractivity contribution in [2.24, 2.45) is 0 Å². The van der Waals surface area contributed by atoms with Crippen LogP contribution in [0.3, 0.4) is 0 Å². The molecule has 0 bridgehead atoms. The normalized spacial score (nSPS) is 22.8. The first-order valence-corrected chi connectivity index (χ1v) is 9.68. The fraction of sp³-hybridized carbons (Fsp3) is 0.467. The number of fused-ring (bicyclic) bond motifs is 1. The molecular weight excluding hydrogens is 356 g/mol. The van der Waals surface area contributed by atoms with Crippen LogP contribution >= 0.6 is 11.6 Å². The van der Waals surface area contributed by atoms with Crippen LogP contribution in [-0.4, -0.2) is 35.9 Å². The van der Waals surface area contributed by atoms with Gasteiger partial charge in [0.1, 0.15) is 0 Å². The number of hydrogen-bond acceptors (Lipinski definition) is 5. The Morgan fingerprint density at radius 2 is 2.21 bits per heavy atom. The summed E-state index contributed by atoms with van der Waals surface area (Å²) in [6, 6.07) is 4.84. The van der Waals surface area contributed by atoms with Crippen molar-refractivity contribution in [3.63, 3.8) is 0 Å². The minimum absolute atomic E-state index is 0.0484. The average molecular weight is 373 g/mol. The van der Waals surface area contributed by atoms with Gasteiger partial charge < -0.3 is 9.73 Å². The molecule has 1 aliphatic rings. The van der Waals surface area contributed by atoms with Gasteiger partial charge in [0.2, 0.25) is 5.91 Å². The SMILES string of the molecule is C[C@]1(NC(=O)CCn2c(=O)oc3cc(Cl)ccc32)CCS(=O)(=O)C1. The second-order valence-electron chi connectivity index (χ2n) is 6.33. The van der Waals surface area contributed by atoms with Crippen molar-refractivity contribution in [1.29, 1.82) is 0 Å². The highest BCUT2D eigenvalue weighted by Crippen LogP contribution is 2.23. The molecule has 0 radical (unpaired) electrons. The Balaban J connectivity index is 1.69. The van der Waals surface area contributed by atoms with Crippen LogP contribution in [0.15, 0.2) is 27.4 Å². The van der Waals surface area contributed by atoms with E-state index in [-0.39, 0.29) is 30.4 Å². The van der Waals surface area contributed by atoms with E-state index in [1.807, 2.05) is 0 Å². The van der Waals surface area contributed by atoms with Crippen LogP contribution in [0.1, 0.15) is 19.8 Å². The van der Waals surface area contributed by atoms with Gasteiger partial charge in [-0.05, 0) is 25.5 Å². The Morgan fingerprint density at radius 1 is 1.46 bits per heavy atom. The lowest BCUT2D eigenvalue weighted by molar-refractivity contribution is -0.122. The predicted octanol–water partition coefficient (Wildman–Crippen LogP) is 1.33. The van der Waals surface area contributed by atoms with Gasteiger partial charge >= 0.3 is 5.76 Å². The fourth-order valence-corrected chi connectivity index (χ4v) is 5.23. The van der Waals surface area contributed by atoms with E-state index in [2.05, 4.69) is 5.32 Å². The highest BCUT2D eigenvalue weighted by Gasteiger charge is 2.39. The first-order chi connectivity index (χ1) is 11.2. The predicted molar refractivity (Wildman–Crippen MR) is 89.9 cm³/mol. The smallest absolute Gasteiger partial charge is 0.408 e. The number of carbonyl (C=O) groups excluding carboxylic acids is 1. The van der Waals surface area contributed by atoms with Gasteiger partial charge in [-0.1, -0.05) is 11.6 Å². The molecule has 0 saturated carbocycles. The third-order valence-electron chi connectivity index (χ3n) is 4.14. The molecule has 1 N–H and O–H groups in total. The van der Waals surface area contributed by atoms with Gasteiger partial charge in [0, 0.05) is 24.1 Å². The lowest BCUT2D eigenvalue weighted by Crippen LogP contribution is -2.47. The van der Waals surface area contributed by atoms with Gasteiger partial charge in [-0.3, -0.25) is 9.36 Å². The topological polar surface area (TPSA) is 98.4 Å². The molecule has 1 aromatic carbocycles. The average Bonchev–Trinajstić information content (AvgIpc) is 2.91. The number of benzene rings is 1. The third kappa shape index (κ3) is 3.49. The number of halogens is 1. The number of aryl methyl sites for hydroxylation is 1. The highest BCUT2D eigenvalue weighted by atomic mass is 35.5. The van der Waals surface area contributed by atoms with E-state index in [0.29, 0.717) is 22.5 Å². The number of carbonyl (C=O) groups is 1. The summed E-state index contributed by atoms with van der Waals surface area (Å²) >= 11 is 5.86. The van der Waals surface area contributed by atoms with Gasteiger partial charge in [-0.15, -0.1) is 0 Å². The van der Waals surface area contributed by atoms with Crippen LogP contribution in [0.2, 0.25) is 5.02 Å². The zero-order chi connectivity index (χ0) is 17.5. The summed E-state index contributed by atoms with van der Waals surface area (Å²) in [5, 5.41) is 3.22. The largest absolute Gasteiger partial charge is 0.419 e. The Morgan fingerprint density at radius 3 is 2.88 bits per heavy atom. The number of nitrogens with zero attached hydrogens (tertiary/aromatic N) is 1. The number of nitrogens with one attached hydrogen (secondary N) is 1. The quantitative estimate of drug-likeness (QED) is 0.873. The summed E-state index contributed by atoms with van der Waals surface area (Å²) in [5.74, 6) is -0.839. The summed E-state index contributed by atoms with van der Waals surface area (Å²) in [5.41, 5.74) is 0.181. The van der Waals surface area contributed by atoms with Gasteiger partial charge in [0.05, 0.1) is 22.6 Å². The summed E-state index contributed by atoms with van der Waals surface area (Å²) in [7, 11) is -3.09. The molecule has 1 saturated heterocycles. The number of sulfone groups is 1. The Kier molecular flexibility index (Phi) is 4.21. The summed E-state index contributed by atoms with van der Waals surface area (Å²) in [4.78, 5) is 24.0. The number of aromatic nitrogens is 1. The molecule has 7 nitrogen and oxygen atoms in total. The van der Waals surface area contributed by atoms with Crippen molar-refractivity contribution in [3.8, 4) is 0 Å². The van der Waals surface area contributed by atoms with Crippen molar-refractivity contribution in [2.45, 2.75) is 31.8 Å². The highest BCUT2D eigenvalue weighted by molar-refractivity contribution is 7.91. The van der Waals surface area contributed by atoms with Crippen molar-refractivity contribution in [3.05, 3.63) is 33.8 Å². The minimum atomic E-state index is -3.09. The number of rotatable bonds is 4. The summed E-state index contributed by atoms with van der Waals surface area (Å²) < 4.78 is 29.6. The molecule has 0 unspecified atom stereocenters. The van der Waals surface area contributed by atoms with Crippen LogP contribution in [0.25, 0.3) is 11.1 Å². The molecule has 130 valence electrons. The molecule has 3 rings (SSSR count). The zero-order valence-electron chi connectivity index (χ0n) is 13.0. The minimum Gasteiger partial charge on any atom is -0.408 e. The van der Waals surface area contributed by atoms with Gasteiger partial charge in [0.15, 0.2) is 15.4 Å². The van der Waals surface area contributed by atoms with E-state index in [9.17, 15) is 18.0 Å². The van der Waals surface area contributed by atoms with E-state index in [4.69, 9.17) is 16.0 Å². The second-order valence-corrected chi connectivity index (χ2v) is 8.95. The maximum absolute atomic E-state index is 12.1. The van der Waals surface area contributed by atoms with Crippen molar-refractivity contribution in [1.82, 2.24) is 9.88 Å². The number of amides is 1. The molecule has 1 aromatic heterocycles. The first kappa shape index (κ1) is 17.0. The lowest BCUT2D eigenvalue weighted by Gasteiger charge is -2.23. The zero-order valence-corrected chi connectivity index (χ0v) is 14.6. The molecular formula is C15H17ClN2O5S. The molecule has 0 aliphatic carbocycles. The molecule has 2 heterocycles. The van der Waals surface area contributed by atoms with E-state index >= 15 is 0 Å². The summed E-state index contributed by atoms with van der Waals surface area (Å²) in [6.45, 7) is 1.86. The molecule has 0 spiro atoms. The monoisotopic (exact) mass is 372 g/mol. The standard InChI is InChI=1S/C15H17ClN2O5S/c1-15(5-7-24(21,22)9-15)17-13(19)4-6-18-11-3-2-10(16)8-12(11)23-14(18)20/h2-3,8H,4-7,9H2,1H3,(H,17,19)/t15-/m0/s1. The molecule has 1 aliphatic heterocycles. The van der Waals surface area contributed by atoms with Gasteiger partial charge in [-0.25, -0.2) is 13.2 Å². The van der Waals surface area contributed by atoms with Crippen LogP contribution in [0.4, 0.5) is 0 Å². The third-order valence-corrected chi connectivity index (χ3v) is 6.28. The van der Waals surface area contributed by atoms with E-state index in [0.717, 1.165) is 0 Å². The van der Waals surface area contributed by atoms with E-state index in [1.54, 1.807) is 25.1 Å². The molecule has 1 amide bonds. The Hall–Kier alpha value is -1.80. The molecule has 1 atom stereocenters.